The van der Waals surface area contributed by atoms with Gasteiger partial charge in [-0.25, -0.2) is 0 Å². The fraction of sp³-hybridized carbons (Fsp3) is 0.462. The molecule has 1 amide bonds. The van der Waals surface area contributed by atoms with Crippen molar-refractivity contribution in [3.63, 3.8) is 0 Å². The van der Waals surface area contributed by atoms with Crippen LogP contribution in [0, 0.1) is 0 Å². The molecular weight excluding hydrogens is 200 g/mol. The van der Waals surface area contributed by atoms with Crippen molar-refractivity contribution in [1.82, 2.24) is 4.90 Å². The van der Waals surface area contributed by atoms with Crippen LogP contribution < -0.4 is 5.73 Å². The minimum absolute atomic E-state index is 0.212. The van der Waals surface area contributed by atoms with E-state index in [1.807, 2.05) is 37.4 Å². The van der Waals surface area contributed by atoms with Crippen molar-refractivity contribution in [3.05, 3.63) is 35.9 Å². The number of rotatable bonds is 4. The van der Waals surface area contributed by atoms with Crippen molar-refractivity contribution in [2.24, 2.45) is 5.73 Å². The van der Waals surface area contributed by atoms with Crippen LogP contribution in [0.25, 0.3) is 0 Å². The third-order valence-corrected chi connectivity index (χ3v) is 3.30. The molecule has 0 saturated heterocycles. The zero-order valence-electron chi connectivity index (χ0n) is 9.65. The molecule has 1 aliphatic rings. The van der Waals surface area contributed by atoms with Crippen molar-refractivity contribution in [3.8, 4) is 0 Å². The minimum atomic E-state index is -0.245. The molecule has 0 unspecified atom stereocenters. The van der Waals surface area contributed by atoms with Crippen LogP contribution >= 0.6 is 0 Å². The van der Waals surface area contributed by atoms with Crippen LogP contribution in [0.4, 0.5) is 0 Å². The van der Waals surface area contributed by atoms with Gasteiger partial charge in [-0.3, -0.25) is 4.79 Å². The summed E-state index contributed by atoms with van der Waals surface area (Å²) in [5, 5.41) is 0. The second-order valence-corrected chi connectivity index (χ2v) is 4.46. The highest BCUT2D eigenvalue weighted by Crippen LogP contribution is 2.49. The predicted molar refractivity (Wildman–Crippen MR) is 64.0 cm³/mol. The first-order chi connectivity index (χ1) is 7.70. The molecule has 3 heteroatoms. The number of nitrogens with zero attached hydrogens (tertiary/aromatic N) is 1. The SMILES string of the molecule is CN(CCN)C(=O)C1(c2ccccc2)CC1. The predicted octanol–water partition coefficient (Wildman–Crippen LogP) is 1.14. The Morgan fingerprint density at radius 1 is 1.38 bits per heavy atom. The van der Waals surface area contributed by atoms with Gasteiger partial charge in [0.15, 0.2) is 0 Å². The number of carbonyl (C=O) groups excluding carboxylic acids is 1. The molecule has 0 bridgehead atoms. The molecule has 86 valence electrons. The fourth-order valence-corrected chi connectivity index (χ4v) is 2.17. The largest absolute Gasteiger partial charge is 0.344 e. The molecule has 0 spiro atoms. The summed E-state index contributed by atoms with van der Waals surface area (Å²) in [5.41, 5.74) is 6.37. The fourth-order valence-electron chi connectivity index (χ4n) is 2.17. The maximum Gasteiger partial charge on any atom is 0.233 e. The Kier molecular flexibility index (Phi) is 2.97. The van der Waals surface area contributed by atoms with Gasteiger partial charge in [0.25, 0.3) is 0 Å². The van der Waals surface area contributed by atoms with Crippen LogP contribution in [0.5, 0.6) is 0 Å². The number of nitrogens with two attached hydrogens (primary N) is 1. The molecule has 0 aliphatic heterocycles. The summed E-state index contributed by atoms with van der Waals surface area (Å²) in [5.74, 6) is 0.212. The van der Waals surface area contributed by atoms with E-state index in [0.29, 0.717) is 13.1 Å². The third kappa shape index (κ3) is 1.83. The van der Waals surface area contributed by atoms with E-state index in [-0.39, 0.29) is 11.3 Å². The summed E-state index contributed by atoms with van der Waals surface area (Å²) < 4.78 is 0. The second kappa shape index (κ2) is 4.26. The van der Waals surface area contributed by atoms with E-state index < -0.39 is 0 Å². The van der Waals surface area contributed by atoms with Crippen molar-refractivity contribution < 1.29 is 4.79 Å². The first kappa shape index (κ1) is 11.1. The molecule has 1 aromatic carbocycles. The summed E-state index contributed by atoms with van der Waals surface area (Å²) in [6.45, 7) is 1.15. The van der Waals surface area contributed by atoms with Crippen molar-refractivity contribution in [2.45, 2.75) is 18.3 Å². The van der Waals surface area contributed by atoms with Crippen LogP contribution in [-0.2, 0) is 10.2 Å². The lowest BCUT2D eigenvalue weighted by molar-refractivity contribution is -0.132. The topological polar surface area (TPSA) is 46.3 Å². The smallest absolute Gasteiger partial charge is 0.233 e. The number of hydrogen-bond donors (Lipinski definition) is 1. The van der Waals surface area contributed by atoms with Crippen molar-refractivity contribution in [1.29, 1.82) is 0 Å². The third-order valence-electron chi connectivity index (χ3n) is 3.30. The first-order valence-corrected chi connectivity index (χ1v) is 5.72. The van der Waals surface area contributed by atoms with E-state index in [1.54, 1.807) is 4.90 Å². The number of hydrogen-bond acceptors (Lipinski definition) is 2. The summed E-state index contributed by atoms with van der Waals surface area (Å²) in [4.78, 5) is 14.0. The molecule has 1 aromatic rings. The van der Waals surface area contributed by atoms with Gasteiger partial charge < -0.3 is 10.6 Å². The lowest BCUT2D eigenvalue weighted by Gasteiger charge is -2.23. The van der Waals surface area contributed by atoms with E-state index in [1.165, 1.54) is 0 Å². The van der Waals surface area contributed by atoms with Gasteiger partial charge in [-0.1, -0.05) is 30.3 Å². The molecule has 3 nitrogen and oxygen atoms in total. The van der Waals surface area contributed by atoms with Gasteiger partial charge in [0, 0.05) is 20.1 Å². The van der Waals surface area contributed by atoms with Crippen molar-refractivity contribution >= 4 is 5.91 Å². The summed E-state index contributed by atoms with van der Waals surface area (Å²) >= 11 is 0. The molecule has 2 rings (SSSR count). The van der Waals surface area contributed by atoms with Gasteiger partial charge in [-0.2, -0.15) is 0 Å². The molecule has 2 N–H and O–H groups in total. The molecule has 16 heavy (non-hydrogen) atoms. The Labute approximate surface area is 96.2 Å². The lowest BCUT2D eigenvalue weighted by Crippen LogP contribution is -2.39. The lowest BCUT2D eigenvalue weighted by atomic mass is 9.94. The van der Waals surface area contributed by atoms with Gasteiger partial charge in [0.2, 0.25) is 5.91 Å². The summed E-state index contributed by atoms with van der Waals surface area (Å²) in [6.07, 6.45) is 1.93. The molecule has 0 heterocycles. The maximum atomic E-state index is 12.3. The molecule has 1 fully saturated rings. The van der Waals surface area contributed by atoms with Crippen LogP contribution in [0.2, 0.25) is 0 Å². The van der Waals surface area contributed by atoms with Gasteiger partial charge >= 0.3 is 0 Å². The highest BCUT2D eigenvalue weighted by atomic mass is 16.2. The molecular formula is C13H18N2O. The summed E-state index contributed by atoms with van der Waals surface area (Å²) in [7, 11) is 1.83. The summed E-state index contributed by atoms with van der Waals surface area (Å²) in [6, 6.07) is 10.0. The van der Waals surface area contributed by atoms with Crippen molar-refractivity contribution in [2.75, 3.05) is 20.1 Å². The average molecular weight is 218 g/mol. The minimum Gasteiger partial charge on any atom is -0.344 e. The van der Waals surface area contributed by atoms with Gasteiger partial charge in [0.05, 0.1) is 5.41 Å². The Morgan fingerprint density at radius 2 is 2.00 bits per heavy atom. The molecule has 1 saturated carbocycles. The Bertz CT molecular complexity index is 371. The molecule has 1 aliphatic carbocycles. The van der Waals surface area contributed by atoms with Crippen LogP contribution in [-0.4, -0.2) is 30.9 Å². The highest BCUT2D eigenvalue weighted by molar-refractivity contribution is 5.91. The van der Waals surface area contributed by atoms with E-state index in [9.17, 15) is 4.79 Å². The standard InChI is InChI=1S/C13H18N2O/c1-15(10-9-14)12(16)13(7-8-13)11-5-3-2-4-6-11/h2-6H,7-10,14H2,1H3. The molecule has 0 aromatic heterocycles. The second-order valence-electron chi connectivity index (χ2n) is 4.46. The van der Waals surface area contributed by atoms with Gasteiger partial charge in [-0.15, -0.1) is 0 Å². The molecule has 0 radical (unpaired) electrons. The molecule has 0 atom stereocenters. The van der Waals surface area contributed by atoms with E-state index in [2.05, 4.69) is 0 Å². The van der Waals surface area contributed by atoms with Crippen LogP contribution in [0.15, 0.2) is 30.3 Å². The zero-order valence-corrected chi connectivity index (χ0v) is 9.65. The normalized spacial score (nSPS) is 16.9. The average Bonchev–Trinajstić information content (AvgIpc) is 3.11. The number of likely N-dealkylation sites (N-methyl/N-ethyl adjacent to an activating group) is 1. The zero-order chi connectivity index (χ0) is 11.6. The van der Waals surface area contributed by atoms with Crippen LogP contribution in [0.3, 0.4) is 0 Å². The number of benzene rings is 1. The number of carbonyl (C=O) groups is 1. The van der Waals surface area contributed by atoms with Gasteiger partial charge in [0.1, 0.15) is 0 Å². The van der Waals surface area contributed by atoms with E-state index in [4.69, 9.17) is 5.73 Å². The highest BCUT2D eigenvalue weighted by Gasteiger charge is 2.52. The first-order valence-electron chi connectivity index (χ1n) is 5.72. The van der Waals surface area contributed by atoms with E-state index >= 15 is 0 Å². The van der Waals surface area contributed by atoms with Gasteiger partial charge in [-0.05, 0) is 18.4 Å². The Balaban J connectivity index is 2.17. The van der Waals surface area contributed by atoms with Crippen LogP contribution in [0.1, 0.15) is 18.4 Å². The Morgan fingerprint density at radius 3 is 2.50 bits per heavy atom. The monoisotopic (exact) mass is 218 g/mol. The number of amides is 1. The van der Waals surface area contributed by atoms with E-state index in [0.717, 1.165) is 18.4 Å². The quantitative estimate of drug-likeness (QED) is 0.823. The Hall–Kier alpha value is -1.35. The maximum absolute atomic E-state index is 12.3.